The highest BCUT2D eigenvalue weighted by atomic mass is 19.4. The molecule has 1 aromatic heterocycles. The number of aromatic amines is 1. The van der Waals surface area contributed by atoms with Crippen LogP contribution in [-0.4, -0.2) is 60.1 Å². The van der Waals surface area contributed by atoms with Gasteiger partial charge in [-0.05, 0) is 35.8 Å². The summed E-state index contributed by atoms with van der Waals surface area (Å²) < 4.78 is 59.4. The van der Waals surface area contributed by atoms with E-state index in [0.717, 1.165) is 0 Å². The monoisotopic (exact) mass is 489 g/mol. The van der Waals surface area contributed by atoms with Gasteiger partial charge in [-0.3, -0.25) is 9.59 Å². The van der Waals surface area contributed by atoms with Crippen LogP contribution in [0, 0.1) is 5.82 Å². The molecule has 0 saturated carbocycles. The first-order valence-corrected chi connectivity index (χ1v) is 10.8. The van der Waals surface area contributed by atoms with Gasteiger partial charge in [-0.25, -0.2) is 4.39 Å². The van der Waals surface area contributed by atoms with E-state index in [0.29, 0.717) is 18.5 Å². The molecule has 3 aromatic rings. The Morgan fingerprint density at radius 3 is 2.46 bits per heavy atom. The lowest BCUT2D eigenvalue weighted by Crippen LogP contribution is -2.33. The number of fused-ring (bicyclic) bond motifs is 1. The first kappa shape index (κ1) is 24.3. The number of halogens is 4. The summed E-state index contributed by atoms with van der Waals surface area (Å²) in [5.41, 5.74) is 1.05. The average Bonchev–Trinajstić information content (AvgIpc) is 3.24. The summed E-state index contributed by atoms with van der Waals surface area (Å²) in [7, 11) is 3.07. The van der Waals surface area contributed by atoms with E-state index in [1.54, 1.807) is 17.0 Å². The van der Waals surface area contributed by atoms with Crippen molar-refractivity contribution in [1.29, 1.82) is 0 Å². The van der Waals surface area contributed by atoms with E-state index in [-0.39, 0.29) is 45.7 Å². The summed E-state index contributed by atoms with van der Waals surface area (Å²) in [6.45, 7) is 2.06. The molecule has 0 atom stereocenters. The molecule has 0 aliphatic carbocycles. The summed E-state index contributed by atoms with van der Waals surface area (Å²) in [6.07, 6.45) is -2.62. The van der Waals surface area contributed by atoms with Gasteiger partial charge in [0.05, 0.1) is 5.52 Å². The predicted octanol–water partition coefficient (Wildman–Crippen LogP) is 5.21. The van der Waals surface area contributed by atoms with Gasteiger partial charge in [0.25, 0.3) is 5.91 Å². The zero-order chi connectivity index (χ0) is 25.5. The van der Waals surface area contributed by atoms with E-state index >= 15 is 4.39 Å². The largest absolute Gasteiger partial charge is 0.573 e. The highest BCUT2D eigenvalue weighted by molar-refractivity contribution is 6.05. The maximum Gasteiger partial charge on any atom is 0.573 e. The Morgan fingerprint density at radius 1 is 1.09 bits per heavy atom. The van der Waals surface area contributed by atoms with Crippen LogP contribution in [0.15, 0.2) is 42.5 Å². The van der Waals surface area contributed by atoms with Gasteiger partial charge < -0.3 is 19.5 Å². The number of H-pyrrole nitrogens is 1. The zero-order valence-corrected chi connectivity index (χ0v) is 19.3. The molecule has 2 heterocycles. The van der Waals surface area contributed by atoms with Crippen molar-refractivity contribution < 1.29 is 31.9 Å². The Labute approximate surface area is 198 Å². The van der Waals surface area contributed by atoms with Crippen LogP contribution in [-0.2, 0) is 4.79 Å². The van der Waals surface area contributed by atoms with E-state index in [1.165, 1.54) is 56.3 Å². The molecule has 2 amide bonds. The Kier molecular flexibility index (Phi) is 6.31. The number of amides is 2. The molecule has 0 fully saturated rings. The normalized spacial score (nSPS) is 14.1. The van der Waals surface area contributed by atoms with Crippen LogP contribution < -0.4 is 4.74 Å². The maximum absolute atomic E-state index is 15.8. The molecular weight excluding hydrogens is 466 g/mol. The third-order valence-electron chi connectivity index (χ3n) is 5.83. The van der Waals surface area contributed by atoms with Crippen molar-refractivity contribution in [3.8, 4) is 16.9 Å². The van der Waals surface area contributed by atoms with Crippen LogP contribution in [0.25, 0.3) is 27.6 Å². The topological polar surface area (TPSA) is 65.6 Å². The summed E-state index contributed by atoms with van der Waals surface area (Å²) in [6, 6.07) is 8.43. The van der Waals surface area contributed by atoms with Crippen molar-refractivity contribution in [2.24, 2.45) is 0 Å². The minimum Gasteiger partial charge on any atom is -0.405 e. The summed E-state index contributed by atoms with van der Waals surface area (Å²) in [5, 5.41) is 0.231. The molecule has 0 saturated heterocycles. The van der Waals surface area contributed by atoms with Gasteiger partial charge in [-0.15, -0.1) is 13.2 Å². The molecule has 35 heavy (non-hydrogen) atoms. The smallest absolute Gasteiger partial charge is 0.405 e. The van der Waals surface area contributed by atoms with Crippen molar-refractivity contribution in [1.82, 2.24) is 14.8 Å². The lowest BCUT2D eigenvalue weighted by atomic mass is 9.93. The number of para-hydroxylation sites is 1. The highest BCUT2D eigenvalue weighted by Gasteiger charge is 2.33. The standard InChI is InChI=1S/C25H23F4N3O3/c1-14(33)32-10-6-7-15(13-32)17-11-18(16-8-4-5-9-21(16)35-25(27,28)29)19-12-20(24(34)31(2)3)30-23(19)22(17)26/h4-5,7-9,11-12,30H,6,10,13H2,1-3H3. The second-order valence-corrected chi connectivity index (χ2v) is 8.46. The minimum absolute atomic E-state index is 0.0228. The number of carbonyl (C=O) groups excluding carboxylic acids is 2. The number of hydrogen-bond acceptors (Lipinski definition) is 3. The number of nitrogens with one attached hydrogen (secondary N) is 1. The second-order valence-electron chi connectivity index (χ2n) is 8.46. The molecule has 0 spiro atoms. The van der Waals surface area contributed by atoms with Crippen LogP contribution in [0.2, 0.25) is 0 Å². The average molecular weight is 489 g/mol. The second kappa shape index (κ2) is 9.09. The first-order valence-electron chi connectivity index (χ1n) is 10.8. The van der Waals surface area contributed by atoms with Crippen LogP contribution in [0.1, 0.15) is 29.4 Å². The molecule has 10 heteroatoms. The van der Waals surface area contributed by atoms with E-state index in [9.17, 15) is 22.8 Å². The number of ether oxygens (including phenoxy) is 1. The molecular formula is C25H23F4N3O3. The molecule has 1 N–H and O–H groups in total. The zero-order valence-electron chi connectivity index (χ0n) is 19.3. The lowest BCUT2D eigenvalue weighted by molar-refractivity contribution is -0.274. The van der Waals surface area contributed by atoms with Crippen molar-refractivity contribution in [2.75, 3.05) is 27.2 Å². The Hall–Kier alpha value is -3.82. The third-order valence-corrected chi connectivity index (χ3v) is 5.83. The number of nitrogens with zero attached hydrogens (tertiary/aromatic N) is 2. The molecule has 6 nitrogen and oxygen atoms in total. The number of rotatable bonds is 4. The number of carbonyl (C=O) groups is 2. The number of benzene rings is 2. The number of hydrogen-bond donors (Lipinski definition) is 1. The van der Waals surface area contributed by atoms with E-state index in [2.05, 4.69) is 9.72 Å². The van der Waals surface area contributed by atoms with E-state index in [4.69, 9.17) is 0 Å². The Bertz CT molecular complexity index is 1340. The molecule has 1 aliphatic rings. The van der Waals surface area contributed by atoms with Gasteiger partial charge in [0.2, 0.25) is 5.91 Å². The minimum atomic E-state index is -4.93. The number of alkyl halides is 3. The Balaban J connectivity index is 1.98. The third kappa shape index (κ3) is 4.87. The van der Waals surface area contributed by atoms with Gasteiger partial charge in [-0.1, -0.05) is 24.3 Å². The molecule has 4 rings (SSSR count). The molecule has 184 valence electrons. The molecule has 0 unspecified atom stereocenters. The van der Waals surface area contributed by atoms with E-state index in [1.807, 2.05) is 0 Å². The fourth-order valence-electron chi connectivity index (χ4n) is 4.18. The van der Waals surface area contributed by atoms with Gasteiger partial charge in [0.1, 0.15) is 11.4 Å². The highest BCUT2D eigenvalue weighted by Crippen LogP contribution is 2.41. The fraction of sp³-hybridized carbons (Fsp3) is 0.280. The molecule has 1 aliphatic heterocycles. The lowest BCUT2D eigenvalue weighted by Gasteiger charge is -2.27. The quantitative estimate of drug-likeness (QED) is 0.512. The van der Waals surface area contributed by atoms with E-state index < -0.39 is 23.8 Å². The SMILES string of the molecule is CC(=O)N1CCC=C(c2cc(-c3ccccc3OC(F)(F)F)c3cc(C(=O)N(C)C)[nH]c3c2F)C1. The molecule has 0 bridgehead atoms. The van der Waals surface area contributed by atoms with Crippen LogP contribution in [0.3, 0.4) is 0 Å². The van der Waals surface area contributed by atoms with Gasteiger partial charge in [0.15, 0.2) is 5.82 Å². The summed E-state index contributed by atoms with van der Waals surface area (Å²) in [4.78, 5) is 30.2. The van der Waals surface area contributed by atoms with Crippen LogP contribution in [0.4, 0.5) is 17.6 Å². The van der Waals surface area contributed by atoms with Crippen molar-refractivity contribution in [2.45, 2.75) is 19.7 Å². The maximum atomic E-state index is 15.8. The van der Waals surface area contributed by atoms with Crippen molar-refractivity contribution in [3.63, 3.8) is 0 Å². The summed E-state index contributed by atoms with van der Waals surface area (Å²) >= 11 is 0. The van der Waals surface area contributed by atoms with Crippen molar-refractivity contribution in [3.05, 3.63) is 59.5 Å². The summed E-state index contributed by atoms with van der Waals surface area (Å²) in [5.74, 6) is -1.71. The molecule has 2 aromatic carbocycles. The van der Waals surface area contributed by atoms with Crippen molar-refractivity contribution >= 4 is 28.3 Å². The predicted molar refractivity (Wildman–Crippen MR) is 123 cm³/mol. The number of aromatic nitrogens is 1. The van der Waals surface area contributed by atoms with Gasteiger partial charge in [-0.2, -0.15) is 0 Å². The molecule has 0 radical (unpaired) electrons. The first-order chi connectivity index (χ1) is 16.5. The fourth-order valence-corrected chi connectivity index (χ4v) is 4.18. The van der Waals surface area contributed by atoms with Crippen LogP contribution >= 0.6 is 0 Å². The van der Waals surface area contributed by atoms with Gasteiger partial charge in [0, 0.05) is 50.6 Å². The van der Waals surface area contributed by atoms with Gasteiger partial charge >= 0.3 is 6.36 Å². The van der Waals surface area contributed by atoms with Crippen LogP contribution in [0.5, 0.6) is 5.75 Å². The Morgan fingerprint density at radius 2 is 1.80 bits per heavy atom.